The maximum Gasteiger partial charge on any atom is 0.242 e. The fourth-order valence-corrected chi connectivity index (χ4v) is 7.32. The molecule has 2 aliphatic heterocycles. The fraction of sp³-hybridized carbons (Fsp3) is 0.758. The number of hydrogen-bond acceptors (Lipinski definition) is 10. The lowest BCUT2D eigenvalue weighted by atomic mass is 9.84. The van der Waals surface area contributed by atoms with Gasteiger partial charge in [0.05, 0.1) is 10.5 Å². The van der Waals surface area contributed by atoms with Gasteiger partial charge in [0.25, 0.3) is 0 Å². The van der Waals surface area contributed by atoms with Crippen molar-refractivity contribution in [1.82, 2.24) is 20.4 Å². The number of nitrogens with zero attached hydrogens (tertiary/aromatic N) is 2. The lowest BCUT2D eigenvalue weighted by Gasteiger charge is -2.20. The molecule has 6 amide bonds. The van der Waals surface area contributed by atoms with Gasteiger partial charge >= 0.3 is 0 Å². The molecule has 0 bridgehead atoms. The zero-order valence-electron chi connectivity index (χ0n) is 28.7. The summed E-state index contributed by atoms with van der Waals surface area (Å²) in [7, 11) is 0. The molecule has 12 nitrogen and oxygen atoms in total. The molecule has 2 saturated heterocycles. The normalized spacial score (nSPS) is 18.7. The minimum atomic E-state index is -0.443. The molecule has 47 heavy (non-hydrogen) atoms. The van der Waals surface area contributed by atoms with Gasteiger partial charge in [-0.2, -0.15) is 0 Å². The molecule has 0 aromatic rings. The van der Waals surface area contributed by atoms with E-state index in [0.717, 1.165) is 12.8 Å². The summed E-state index contributed by atoms with van der Waals surface area (Å²) in [6, 6.07) is 0. The maximum absolute atomic E-state index is 12.7. The molecule has 0 saturated carbocycles. The number of Topliss-reactive ketones (excluding diaryl/α,β-unsaturated/α-hetero) is 2. The zero-order valence-corrected chi connectivity index (χ0v) is 30.4. The van der Waals surface area contributed by atoms with Gasteiger partial charge in [0.2, 0.25) is 35.4 Å². The van der Waals surface area contributed by atoms with Crippen LogP contribution in [-0.4, -0.2) is 105 Å². The van der Waals surface area contributed by atoms with Crippen molar-refractivity contribution in [2.45, 2.75) is 110 Å². The van der Waals surface area contributed by atoms with Crippen molar-refractivity contribution in [2.75, 3.05) is 37.7 Å². The average molecular weight is 697 g/mol. The van der Waals surface area contributed by atoms with Crippen LogP contribution in [0.5, 0.6) is 0 Å². The minimum absolute atomic E-state index is 0.0870. The predicted octanol–water partition coefficient (Wildman–Crippen LogP) is 2.90. The van der Waals surface area contributed by atoms with Crippen molar-refractivity contribution in [3.8, 4) is 0 Å². The number of nitrogens with one attached hydrogen (secondary N) is 2. The fourth-order valence-electron chi connectivity index (χ4n) is 5.07. The third-order valence-corrected chi connectivity index (χ3v) is 11.6. The van der Waals surface area contributed by atoms with Gasteiger partial charge in [0.1, 0.15) is 11.6 Å². The van der Waals surface area contributed by atoms with Gasteiger partial charge in [-0.25, -0.2) is 0 Å². The quantitative estimate of drug-likeness (QED) is 0.127. The van der Waals surface area contributed by atoms with Crippen LogP contribution in [0.1, 0.15) is 99.3 Å². The van der Waals surface area contributed by atoms with E-state index in [0.29, 0.717) is 30.8 Å². The molecule has 2 atom stereocenters. The second kappa shape index (κ2) is 18.7. The molecule has 0 aromatic carbocycles. The molecule has 0 spiro atoms. The van der Waals surface area contributed by atoms with Gasteiger partial charge in [-0.05, 0) is 57.5 Å². The summed E-state index contributed by atoms with van der Waals surface area (Å²) in [4.78, 5) is 100. The van der Waals surface area contributed by atoms with E-state index in [-0.39, 0.29) is 98.9 Å². The van der Waals surface area contributed by atoms with E-state index in [9.17, 15) is 38.4 Å². The first-order chi connectivity index (χ1) is 22.0. The van der Waals surface area contributed by atoms with Crippen LogP contribution in [0.15, 0.2) is 0 Å². The third-order valence-electron chi connectivity index (χ3n) is 8.96. The van der Waals surface area contributed by atoms with Gasteiger partial charge in [-0.3, -0.25) is 48.2 Å². The van der Waals surface area contributed by atoms with Crippen LogP contribution in [0.4, 0.5) is 0 Å². The second-order valence-corrected chi connectivity index (χ2v) is 16.2. The van der Waals surface area contributed by atoms with Crippen LogP contribution in [0.25, 0.3) is 0 Å². The second-order valence-electron chi connectivity index (χ2n) is 13.5. The first-order valence-electron chi connectivity index (χ1n) is 16.4. The van der Waals surface area contributed by atoms with Crippen LogP contribution < -0.4 is 10.6 Å². The van der Waals surface area contributed by atoms with Crippen LogP contribution >= 0.6 is 23.5 Å². The third kappa shape index (κ3) is 13.0. The highest BCUT2D eigenvalue weighted by Gasteiger charge is 2.39. The van der Waals surface area contributed by atoms with Crippen molar-refractivity contribution < 1.29 is 38.4 Å². The molecule has 2 rings (SSSR count). The number of rotatable bonds is 22. The zero-order chi connectivity index (χ0) is 35.4. The highest BCUT2D eigenvalue weighted by atomic mass is 32.2. The predicted molar refractivity (Wildman–Crippen MR) is 182 cm³/mol. The molecule has 2 aliphatic rings. The van der Waals surface area contributed by atoms with Crippen LogP contribution in [0, 0.1) is 10.8 Å². The van der Waals surface area contributed by atoms with Gasteiger partial charge in [0.15, 0.2) is 0 Å². The monoisotopic (exact) mass is 696 g/mol. The Bertz CT molecular complexity index is 1120. The van der Waals surface area contributed by atoms with Crippen molar-refractivity contribution in [2.24, 2.45) is 10.8 Å². The highest BCUT2D eigenvalue weighted by molar-refractivity contribution is 8.00. The number of imide groups is 2. The van der Waals surface area contributed by atoms with Gasteiger partial charge in [-0.1, -0.05) is 27.7 Å². The molecule has 264 valence electrons. The molecule has 14 heteroatoms. The minimum Gasteiger partial charge on any atom is -0.354 e. The number of amides is 6. The van der Waals surface area contributed by atoms with Crippen molar-refractivity contribution in [1.29, 1.82) is 0 Å². The smallest absolute Gasteiger partial charge is 0.242 e. The molecule has 2 unspecified atom stereocenters. The number of carbonyl (C=O) groups excluding carboxylic acids is 8. The van der Waals surface area contributed by atoms with E-state index < -0.39 is 21.3 Å². The van der Waals surface area contributed by atoms with E-state index in [1.54, 1.807) is 13.8 Å². The van der Waals surface area contributed by atoms with E-state index >= 15 is 0 Å². The molecule has 2 N–H and O–H groups in total. The number of hydrogen-bond donors (Lipinski definition) is 2. The van der Waals surface area contributed by atoms with Crippen molar-refractivity contribution in [3.05, 3.63) is 0 Å². The number of thioether (sulfide) groups is 2. The summed E-state index contributed by atoms with van der Waals surface area (Å²) >= 11 is 2.86. The van der Waals surface area contributed by atoms with Crippen LogP contribution in [-0.2, 0) is 38.4 Å². The van der Waals surface area contributed by atoms with Crippen molar-refractivity contribution >= 4 is 70.5 Å². The lowest BCUT2D eigenvalue weighted by molar-refractivity contribution is -0.139. The Morgan fingerprint density at radius 3 is 1.36 bits per heavy atom. The Morgan fingerprint density at radius 2 is 1.02 bits per heavy atom. The Balaban J connectivity index is 1.57. The van der Waals surface area contributed by atoms with Crippen LogP contribution in [0.3, 0.4) is 0 Å². The highest BCUT2D eigenvalue weighted by Crippen LogP contribution is 2.30. The lowest BCUT2D eigenvalue weighted by Crippen LogP contribution is -2.39. The maximum atomic E-state index is 12.7. The summed E-state index contributed by atoms with van der Waals surface area (Å²) in [5.41, 5.74) is -0.801. The van der Waals surface area contributed by atoms with Crippen LogP contribution in [0.2, 0.25) is 0 Å². The van der Waals surface area contributed by atoms with Crippen molar-refractivity contribution in [3.63, 3.8) is 0 Å². The molecule has 0 aliphatic carbocycles. The molecular formula is C33H52N4O8S2. The summed E-state index contributed by atoms with van der Waals surface area (Å²) in [5, 5.41) is 4.49. The number of likely N-dealkylation sites (tertiary alicyclic amines) is 2. The molecular weight excluding hydrogens is 645 g/mol. The average Bonchev–Trinajstić information content (AvgIpc) is 3.41. The Kier molecular flexibility index (Phi) is 16.1. The SMILES string of the molecule is CC(=O)C(C)(C)CCCSC1CC(=O)N(CCNC(=O)CCCC(=O)NCCN2C(=O)CC(SCCCC(C)(C)C(C)=O)C2=O)C1=O. The molecule has 2 fully saturated rings. The number of ketones is 2. The first-order valence-corrected chi connectivity index (χ1v) is 18.5. The Hall–Kier alpha value is -2.74. The molecule has 0 radical (unpaired) electrons. The summed E-state index contributed by atoms with van der Waals surface area (Å²) in [6.45, 7) is 11.2. The van der Waals surface area contributed by atoms with E-state index in [1.807, 2.05) is 27.7 Å². The van der Waals surface area contributed by atoms with Gasteiger partial charge in [0, 0.05) is 62.7 Å². The summed E-state index contributed by atoms with van der Waals surface area (Å²) in [6.07, 6.45) is 3.70. The topological polar surface area (TPSA) is 167 Å². The van der Waals surface area contributed by atoms with Gasteiger partial charge in [-0.15, -0.1) is 23.5 Å². The first kappa shape index (κ1) is 40.4. The summed E-state index contributed by atoms with van der Waals surface area (Å²) < 4.78 is 0. The largest absolute Gasteiger partial charge is 0.354 e. The van der Waals surface area contributed by atoms with Gasteiger partial charge < -0.3 is 10.6 Å². The summed E-state index contributed by atoms with van der Waals surface area (Å²) in [5.74, 6) is -0.0244. The standard InChI is InChI=1S/C33H52N4O8S2/c1-22(38)32(3,4)12-8-18-46-24-20-28(42)36(30(24)44)16-14-34-26(40)10-7-11-27(41)35-15-17-37-29(43)21-25(31(37)45)47-19-9-13-33(5,6)23(2)39/h24-25H,7-21H2,1-6H3,(H,34,40)(H,35,41). The van der Waals surface area contributed by atoms with E-state index in [4.69, 9.17) is 0 Å². The number of carbonyl (C=O) groups is 8. The molecule has 2 heterocycles. The molecule has 0 aromatic heterocycles. The van der Waals surface area contributed by atoms with E-state index in [2.05, 4.69) is 10.6 Å². The Labute approximate surface area is 287 Å². The van der Waals surface area contributed by atoms with E-state index in [1.165, 1.54) is 33.3 Å². The Morgan fingerprint density at radius 1 is 0.660 bits per heavy atom.